The Morgan fingerprint density at radius 2 is 1.56 bits per heavy atom. The fraction of sp³-hybridized carbons (Fsp3) is 0.647. The van der Waals surface area contributed by atoms with Crippen LogP contribution in [-0.4, -0.2) is 11.7 Å². The first kappa shape index (κ1) is 13.6. The largest absolute Gasteiger partial charge is 0.396 e. The molecule has 1 aromatic rings. The van der Waals surface area contributed by atoms with Crippen LogP contribution in [0.1, 0.15) is 68.9 Å². The second-order valence-electron chi connectivity index (χ2n) is 6.01. The molecule has 1 aromatic carbocycles. The Morgan fingerprint density at radius 3 is 2.06 bits per heavy atom. The van der Waals surface area contributed by atoms with Gasteiger partial charge in [-0.3, -0.25) is 0 Å². The van der Waals surface area contributed by atoms with Gasteiger partial charge in [0.15, 0.2) is 0 Å². The molecule has 0 aromatic heterocycles. The molecule has 0 spiro atoms. The maximum atomic E-state index is 9.71. The molecule has 1 saturated carbocycles. The molecular formula is C17H26O. The number of aliphatic hydroxyl groups is 1. The van der Waals surface area contributed by atoms with E-state index < -0.39 is 0 Å². The van der Waals surface area contributed by atoms with Crippen molar-refractivity contribution < 1.29 is 5.11 Å². The Bertz CT molecular complexity index is 346. The van der Waals surface area contributed by atoms with E-state index in [1.165, 1.54) is 43.2 Å². The minimum absolute atomic E-state index is 0.297. The van der Waals surface area contributed by atoms with E-state index in [-0.39, 0.29) is 0 Å². The highest BCUT2D eigenvalue weighted by atomic mass is 16.3. The lowest BCUT2D eigenvalue weighted by Crippen LogP contribution is -2.19. The van der Waals surface area contributed by atoms with Crippen LogP contribution in [0.3, 0.4) is 0 Å². The third-order valence-corrected chi connectivity index (χ3v) is 4.45. The summed E-state index contributed by atoms with van der Waals surface area (Å²) in [5.74, 6) is 1.63. The quantitative estimate of drug-likeness (QED) is 0.831. The summed E-state index contributed by atoms with van der Waals surface area (Å²) in [5.41, 5.74) is 2.72. The summed E-state index contributed by atoms with van der Waals surface area (Å²) >= 11 is 0. The van der Waals surface area contributed by atoms with E-state index in [4.69, 9.17) is 0 Å². The molecule has 1 heteroatoms. The van der Waals surface area contributed by atoms with Crippen LogP contribution in [-0.2, 0) is 0 Å². The molecule has 0 bridgehead atoms. The van der Waals surface area contributed by atoms with Gasteiger partial charge < -0.3 is 5.11 Å². The smallest absolute Gasteiger partial charge is 0.0502 e. The van der Waals surface area contributed by atoms with Gasteiger partial charge in [-0.15, -0.1) is 0 Å². The van der Waals surface area contributed by atoms with E-state index in [0.29, 0.717) is 24.4 Å². The molecule has 0 heterocycles. The van der Waals surface area contributed by atoms with Crippen LogP contribution < -0.4 is 0 Å². The van der Waals surface area contributed by atoms with Crippen LogP contribution in [0.2, 0.25) is 0 Å². The molecule has 1 unspecified atom stereocenters. The van der Waals surface area contributed by atoms with Crippen molar-refractivity contribution in [2.24, 2.45) is 5.92 Å². The summed E-state index contributed by atoms with van der Waals surface area (Å²) < 4.78 is 0. The summed E-state index contributed by atoms with van der Waals surface area (Å²) in [6.07, 6.45) is 6.63. The summed E-state index contributed by atoms with van der Waals surface area (Å²) in [6.45, 7) is 4.74. The predicted octanol–water partition coefficient (Wildman–Crippen LogP) is 4.47. The summed E-state index contributed by atoms with van der Waals surface area (Å²) in [5, 5.41) is 9.71. The lowest BCUT2D eigenvalue weighted by molar-refractivity contribution is 0.196. The van der Waals surface area contributed by atoms with Gasteiger partial charge in [0.2, 0.25) is 0 Å². The molecule has 18 heavy (non-hydrogen) atoms. The lowest BCUT2D eigenvalue weighted by Gasteiger charge is -2.29. The van der Waals surface area contributed by atoms with Crippen LogP contribution in [0, 0.1) is 5.92 Å². The number of aliphatic hydroxyl groups excluding tert-OH is 1. The summed E-state index contributed by atoms with van der Waals surface area (Å²) in [7, 11) is 0. The molecule has 0 radical (unpaired) electrons. The summed E-state index contributed by atoms with van der Waals surface area (Å²) in [6, 6.07) is 8.91. The highest BCUT2D eigenvalue weighted by Gasteiger charge is 2.24. The molecule has 1 aliphatic rings. The van der Waals surface area contributed by atoms with E-state index in [2.05, 4.69) is 38.1 Å². The zero-order valence-electron chi connectivity index (χ0n) is 11.7. The highest BCUT2D eigenvalue weighted by molar-refractivity contribution is 5.27. The van der Waals surface area contributed by atoms with Crippen molar-refractivity contribution in [2.75, 3.05) is 6.61 Å². The molecule has 1 nitrogen and oxygen atoms in total. The SMILES string of the molecule is CC(C)c1ccc(C(CO)C2CCCCC2)cc1. The number of hydrogen-bond acceptors (Lipinski definition) is 1. The van der Waals surface area contributed by atoms with Crippen molar-refractivity contribution in [3.8, 4) is 0 Å². The van der Waals surface area contributed by atoms with Crippen molar-refractivity contribution in [3.05, 3.63) is 35.4 Å². The third kappa shape index (κ3) is 3.14. The number of hydrogen-bond donors (Lipinski definition) is 1. The molecule has 0 aliphatic heterocycles. The van der Waals surface area contributed by atoms with Gasteiger partial charge in [-0.1, -0.05) is 57.4 Å². The topological polar surface area (TPSA) is 20.2 Å². The second kappa shape index (κ2) is 6.38. The zero-order valence-corrected chi connectivity index (χ0v) is 11.7. The van der Waals surface area contributed by atoms with Crippen molar-refractivity contribution in [3.63, 3.8) is 0 Å². The van der Waals surface area contributed by atoms with Crippen LogP contribution in [0.25, 0.3) is 0 Å². The minimum Gasteiger partial charge on any atom is -0.396 e. The third-order valence-electron chi connectivity index (χ3n) is 4.45. The Kier molecular flexibility index (Phi) is 4.82. The van der Waals surface area contributed by atoms with Gasteiger partial charge in [0.05, 0.1) is 6.61 Å². The van der Waals surface area contributed by atoms with Crippen molar-refractivity contribution >= 4 is 0 Å². The Labute approximate surface area is 111 Å². The van der Waals surface area contributed by atoms with Gasteiger partial charge in [-0.2, -0.15) is 0 Å². The molecule has 0 saturated heterocycles. The molecule has 100 valence electrons. The maximum Gasteiger partial charge on any atom is 0.0502 e. The van der Waals surface area contributed by atoms with E-state index in [1.807, 2.05) is 0 Å². The zero-order chi connectivity index (χ0) is 13.0. The molecule has 1 N–H and O–H groups in total. The number of benzene rings is 1. The Morgan fingerprint density at radius 1 is 1.00 bits per heavy atom. The monoisotopic (exact) mass is 246 g/mol. The van der Waals surface area contributed by atoms with E-state index in [9.17, 15) is 5.11 Å². The first-order valence-electron chi connectivity index (χ1n) is 7.43. The second-order valence-corrected chi connectivity index (χ2v) is 6.01. The lowest BCUT2D eigenvalue weighted by atomic mass is 9.77. The molecule has 1 aliphatic carbocycles. The predicted molar refractivity (Wildman–Crippen MR) is 76.9 cm³/mol. The maximum absolute atomic E-state index is 9.71. The van der Waals surface area contributed by atoms with Gasteiger partial charge >= 0.3 is 0 Å². The fourth-order valence-electron chi connectivity index (χ4n) is 3.19. The average Bonchev–Trinajstić information content (AvgIpc) is 2.41. The highest BCUT2D eigenvalue weighted by Crippen LogP contribution is 2.36. The molecule has 0 amide bonds. The molecule has 2 rings (SSSR count). The normalized spacial score (nSPS) is 19.1. The van der Waals surface area contributed by atoms with Crippen molar-refractivity contribution in [2.45, 2.75) is 57.8 Å². The van der Waals surface area contributed by atoms with E-state index in [0.717, 1.165) is 0 Å². The Hall–Kier alpha value is -0.820. The van der Waals surface area contributed by atoms with Crippen molar-refractivity contribution in [1.82, 2.24) is 0 Å². The fourth-order valence-corrected chi connectivity index (χ4v) is 3.19. The van der Waals surface area contributed by atoms with Crippen LogP contribution in [0.4, 0.5) is 0 Å². The summed E-state index contributed by atoms with van der Waals surface area (Å²) in [4.78, 5) is 0. The molecular weight excluding hydrogens is 220 g/mol. The van der Waals surface area contributed by atoms with Gasteiger partial charge in [0, 0.05) is 5.92 Å². The minimum atomic E-state index is 0.297. The molecule has 1 fully saturated rings. The van der Waals surface area contributed by atoms with Crippen LogP contribution in [0.5, 0.6) is 0 Å². The van der Waals surface area contributed by atoms with Gasteiger partial charge in [0.1, 0.15) is 0 Å². The van der Waals surface area contributed by atoms with Gasteiger partial charge in [-0.25, -0.2) is 0 Å². The van der Waals surface area contributed by atoms with E-state index >= 15 is 0 Å². The molecule has 1 atom stereocenters. The Balaban J connectivity index is 2.11. The van der Waals surface area contributed by atoms with Crippen LogP contribution >= 0.6 is 0 Å². The standard InChI is InChI=1S/C17H26O/c1-13(2)14-8-10-16(11-9-14)17(12-18)15-6-4-3-5-7-15/h8-11,13,15,17-18H,3-7,12H2,1-2H3. The number of rotatable bonds is 4. The van der Waals surface area contributed by atoms with Crippen LogP contribution in [0.15, 0.2) is 24.3 Å². The average molecular weight is 246 g/mol. The van der Waals surface area contributed by atoms with Crippen molar-refractivity contribution in [1.29, 1.82) is 0 Å². The van der Waals surface area contributed by atoms with E-state index in [1.54, 1.807) is 0 Å². The first-order valence-corrected chi connectivity index (χ1v) is 7.43. The van der Waals surface area contributed by atoms with Gasteiger partial charge in [-0.05, 0) is 35.8 Å². The van der Waals surface area contributed by atoms with Gasteiger partial charge in [0.25, 0.3) is 0 Å². The first-order chi connectivity index (χ1) is 8.72.